The first-order valence-electron chi connectivity index (χ1n) is 7.52. The first-order valence-corrected chi connectivity index (χ1v) is 7.52. The third-order valence-corrected chi connectivity index (χ3v) is 3.58. The fraction of sp³-hybridized carbons (Fsp3) is 0.167. The van der Waals surface area contributed by atoms with Crippen LogP contribution in [-0.2, 0) is 6.54 Å². The monoisotopic (exact) mass is 336 g/mol. The van der Waals surface area contributed by atoms with Crippen LogP contribution in [0.2, 0.25) is 0 Å². The number of anilines is 1. The number of nitriles is 1. The molecule has 0 spiro atoms. The van der Waals surface area contributed by atoms with Crippen LogP contribution in [0.3, 0.4) is 0 Å². The van der Waals surface area contributed by atoms with Gasteiger partial charge < -0.3 is 19.3 Å². The molecule has 3 aromatic rings. The van der Waals surface area contributed by atoms with Crippen molar-refractivity contribution >= 4 is 5.69 Å². The molecule has 1 aromatic heterocycles. The predicted molar refractivity (Wildman–Crippen MR) is 91.3 cm³/mol. The highest BCUT2D eigenvalue weighted by Crippen LogP contribution is 2.31. The van der Waals surface area contributed by atoms with Crippen LogP contribution in [0.25, 0.3) is 11.4 Å². The number of rotatable bonds is 6. The standard InChI is InChI=1S/C18H16N4O3/c1-23-14-7-8-15(16(9-14)24-2)18-21-17(25-22-18)11-20-13-5-3-12(10-19)4-6-13/h3-9,20H,11H2,1-2H3. The van der Waals surface area contributed by atoms with Gasteiger partial charge in [-0.15, -0.1) is 0 Å². The van der Waals surface area contributed by atoms with Gasteiger partial charge in [0.15, 0.2) is 0 Å². The average Bonchev–Trinajstić information content (AvgIpc) is 3.15. The number of aromatic nitrogens is 2. The molecule has 1 heterocycles. The lowest BCUT2D eigenvalue weighted by molar-refractivity contribution is 0.382. The summed E-state index contributed by atoms with van der Waals surface area (Å²) in [7, 11) is 3.17. The second kappa shape index (κ2) is 7.36. The number of nitrogens with zero attached hydrogens (tertiary/aromatic N) is 3. The Morgan fingerprint density at radius 1 is 1.12 bits per heavy atom. The molecular formula is C18H16N4O3. The summed E-state index contributed by atoms with van der Waals surface area (Å²) in [6, 6.07) is 14.6. The van der Waals surface area contributed by atoms with Crippen LogP contribution in [0, 0.1) is 11.3 Å². The maximum absolute atomic E-state index is 8.80. The lowest BCUT2D eigenvalue weighted by Crippen LogP contribution is -1.99. The lowest BCUT2D eigenvalue weighted by Gasteiger charge is -2.07. The van der Waals surface area contributed by atoms with Gasteiger partial charge >= 0.3 is 0 Å². The molecule has 0 aliphatic rings. The van der Waals surface area contributed by atoms with Crippen molar-refractivity contribution < 1.29 is 14.0 Å². The van der Waals surface area contributed by atoms with E-state index in [0.717, 1.165) is 11.3 Å². The smallest absolute Gasteiger partial charge is 0.246 e. The molecule has 2 aromatic carbocycles. The Kier molecular flexibility index (Phi) is 4.81. The minimum atomic E-state index is 0.372. The molecule has 0 bridgehead atoms. The van der Waals surface area contributed by atoms with Gasteiger partial charge in [-0.3, -0.25) is 0 Å². The number of methoxy groups -OCH3 is 2. The van der Waals surface area contributed by atoms with E-state index in [9.17, 15) is 0 Å². The molecule has 7 nitrogen and oxygen atoms in total. The zero-order chi connectivity index (χ0) is 17.6. The lowest BCUT2D eigenvalue weighted by atomic mass is 10.2. The Hall–Kier alpha value is -3.53. The summed E-state index contributed by atoms with van der Waals surface area (Å²) in [5, 5.41) is 16.0. The van der Waals surface area contributed by atoms with Gasteiger partial charge in [0, 0.05) is 11.8 Å². The van der Waals surface area contributed by atoms with Gasteiger partial charge in [-0.05, 0) is 36.4 Å². The number of benzene rings is 2. The highest BCUT2D eigenvalue weighted by atomic mass is 16.5. The van der Waals surface area contributed by atoms with Gasteiger partial charge in [0.2, 0.25) is 11.7 Å². The molecule has 0 aliphatic heterocycles. The predicted octanol–water partition coefficient (Wildman–Crippen LogP) is 3.24. The van der Waals surface area contributed by atoms with Crippen LogP contribution in [-0.4, -0.2) is 24.4 Å². The van der Waals surface area contributed by atoms with Gasteiger partial charge in [0.1, 0.15) is 11.5 Å². The second-order valence-electron chi connectivity index (χ2n) is 5.12. The van der Waals surface area contributed by atoms with Gasteiger partial charge in [-0.2, -0.15) is 10.2 Å². The van der Waals surface area contributed by atoms with Crippen molar-refractivity contribution in [1.82, 2.24) is 10.1 Å². The summed E-state index contributed by atoms with van der Waals surface area (Å²) in [6.07, 6.45) is 0. The molecule has 3 rings (SSSR count). The Bertz CT molecular complexity index is 897. The summed E-state index contributed by atoms with van der Waals surface area (Å²) >= 11 is 0. The normalized spacial score (nSPS) is 10.1. The number of ether oxygens (including phenoxy) is 2. The number of hydrogen-bond donors (Lipinski definition) is 1. The van der Waals surface area contributed by atoms with E-state index in [4.69, 9.17) is 19.3 Å². The average molecular weight is 336 g/mol. The second-order valence-corrected chi connectivity index (χ2v) is 5.12. The minimum Gasteiger partial charge on any atom is -0.497 e. The quantitative estimate of drug-likeness (QED) is 0.738. The zero-order valence-electron chi connectivity index (χ0n) is 13.8. The Morgan fingerprint density at radius 3 is 2.60 bits per heavy atom. The van der Waals surface area contributed by atoms with Crippen molar-refractivity contribution in [2.75, 3.05) is 19.5 Å². The summed E-state index contributed by atoms with van der Waals surface area (Å²) in [5.41, 5.74) is 2.19. The van der Waals surface area contributed by atoms with Crippen LogP contribution in [0.15, 0.2) is 47.0 Å². The Morgan fingerprint density at radius 2 is 1.92 bits per heavy atom. The van der Waals surface area contributed by atoms with E-state index in [2.05, 4.69) is 21.5 Å². The van der Waals surface area contributed by atoms with Crippen molar-refractivity contribution in [2.24, 2.45) is 0 Å². The molecule has 25 heavy (non-hydrogen) atoms. The Labute approximate surface area is 144 Å². The third-order valence-electron chi connectivity index (χ3n) is 3.58. The fourth-order valence-electron chi connectivity index (χ4n) is 2.26. The van der Waals surface area contributed by atoms with Crippen LogP contribution >= 0.6 is 0 Å². The van der Waals surface area contributed by atoms with Gasteiger partial charge in [0.25, 0.3) is 0 Å². The molecule has 0 radical (unpaired) electrons. The summed E-state index contributed by atoms with van der Waals surface area (Å²) in [5.74, 6) is 2.17. The molecule has 0 fully saturated rings. The van der Waals surface area contributed by atoms with Crippen molar-refractivity contribution in [3.05, 3.63) is 53.9 Å². The fourth-order valence-corrected chi connectivity index (χ4v) is 2.26. The molecule has 0 atom stereocenters. The summed E-state index contributed by atoms with van der Waals surface area (Å²) in [6.45, 7) is 0.372. The van der Waals surface area contributed by atoms with Crippen LogP contribution < -0.4 is 14.8 Å². The zero-order valence-corrected chi connectivity index (χ0v) is 13.8. The molecule has 1 N–H and O–H groups in total. The topological polar surface area (TPSA) is 93.2 Å². The molecule has 126 valence electrons. The van der Waals surface area contributed by atoms with Crippen molar-refractivity contribution in [3.63, 3.8) is 0 Å². The molecular weight excluding hydrogens is 320 g/mol. The van der Waals surface area contributed by atoms with E-state index in [1.54, 1.807) is 32.4 Å². The molecule has 7 heteroatoms. The van der Waals surface area contributed by atoms with Crippen molar-refractivity contribution in [2.45, 2.75) is 6.54 Å². The Balaban J connectivity index is 1.73. The van der Waals surface area contributed by atoms with E-state index < -0.39 is 0 Å². The highest BCUT2D eigenvalue weighted by molar-refractivity contribution is 5.65. The van der Waals surface area contributed by atoms with E-state index in [1.807, 2.05) is 24.3 Å². The van der Waals surface area contributed by atoms with Crippen molar-refractivity contribution in [3.8, 4) is 29.0 Å². The molecule has 0 amide bonds. The molecule has 0 unspecified atom stereocenters. The van der Waals surface area contributed by atoms with Gasteiger partial charge in [-0.25, -0.2) is 0 Å². The van der Waals surface area contributed by atoms with Gasteiger partial charge in [0.05, 0.1) is 38.0 Å². The third kappa shape index (κ3) is 3.70. The minimum absolute atomic E-state index is 0.372. The first-order chi connectivity index (χ1) is 12.2. The van der Waals surface area contributed by atoms with Gasteiger partial charge in [-0.1, -0.05) is 5.16 Å². The molecule has 0 saturated carbocycles. The summed E-state index contributed by atoms with van der Waals surface area (Å²) in [4.78, 5) is 4.38. The number of nitrogens with one attached hydrogen (secondary N) is 1. The number of hydrogen-bond acceptors (Lipinski definition) is 7. The molecule has 0 aliphatic carbocycles. The van der Waals surface area contributed by atoms with E-state index in [-0.39, 0.29) is 0 Å². The van der Waals surface area contributed by atoms with E-state index in [1.165, 1.54) is 0 Å². The highest BCUT2D eigenvalue weighted by Gasteiger charge is 2.14. The first kappa shape index (κ1) is 16.3. The van der Waals surface area contributed by atoms with Crippen LogP contribution in [0.5, 0.6) is 11.5 Å². The van der Waals surface area contributed by atoms with Crippen LogP contribution in [0.4, 0.5) is 5.69 Å². The SMILES string of the molecule is COc1ccc(-c2noc(CNc3ccc(C#N)cc3)n2)c(OC)c1. The van der Waals surface area contributed by atoms with Crippen molar-refractivity contribution in [1.29, 1.82) is 5.26 Å². The maximum atomic E-state index is 8.80. The maximum Gasteiger partial charge on any atom is 0.246 e. The summed E-state index contributed by atoms with van der Waals surface area (Å²) < 4.78 is 15.8. The largest absolute Gasteiger partial charge is 0.497 e. The molecule has 0 saturated heterocycles. The van der Waals surface area contributed by atoms with E-state index >= 15 is 0 Å². The van der Waals surface area contributed by atoms with E-state index in [0.29, 0.717) is 35.3 Å². The van der Waals surface area contributed by atoms with Crippen LogP contribution in [0.1, 0.15) is 11.5 Å².